The Balaban J connectivity index is 1.26. The van der Waals surface area contributed by atoms with E-state index in [0.29, 0.717) is 41.9 Å². The van der Waals surface area contributed by atoms with Crippen molar-refractivity contribution in [3.63, 3.8) is 0 Å². The maximum absolute atomic E-state index is 13.0. The molecule has 0 N–H and O–H groups in total. The number of piperidine rings is 1. The van der Waals surface area contributed by atoms with Gasteiger partial charge in [-0.25, -0.2) is 0 Å². The van der Waals surface area contributed by atoms with E-state index in [1.165, 1.54) is 12.1 Å². The largest absolute Gasteiger partial charge is 0.416 e. The van der Waals surface area contributed by atoms with Crippen LogP contribution in [0.3, 0.4) is 0 Å². The number of piperazine rings is 1. The van der Waals surface area contributed by atoms with E-state index in [4.69, 9.17) is 23.2 Å². The van der Waals surface area contributed by atoms with Gasteiger partial charge in [-0.3, -0.25) is 9.69 Å². The molecule has 0 atom stereocenters. The zero-order chi connectivity index (χ0) is 23.6. The maximum atomic E-state index is 13.0. The average Bonchev–Trinajstić information content (AvgIpc) is 2.81. The van der Waals surface area contributed by atoms with E-state index < -0.39 is 11.7 Å². The summed E-state index contributed by atoms with van der Waals surface area (Å²) >= 11 is 12.1. The summed E-state index contributed by atoms with van der Waals surface area (Å²) in [5.74, 6) is 0.156. The second-order valence-corrected chi connectivity index (χ2v) is 9.47. The number of benzene rings is 2. The number of carbonyl (C=O) groups excluding carboxylic acids is 1. The van der Waals surface area contributed by atoms with Gasteiger partial charge in [0.15, 0.2) is 0 Å². The molecule has 0 radical (unpaired) electrons. The Morgan fingerprint density at radius 2 is 1.61 bits per heavy atom. The van der Waals surface area contributed by atoms with Crippen molar-refractivity contribution in [1.82, 2.24) is 9.80 Å². The molecule has 1 amide bonds. The van der Waals surface area contributed by atoms with Gasteiger partial charge in [0.25, 0.3) is 0 Å². The van der Waals surface area contributed by atoms with Crippen LogP contribution < -0.4 is 4.90 Å². The molecule has 2 aromatic carbocycles. The summed E-state index contributed by atoms with van der Waals surface area (Å²) < 4.78 is 39.0. The number of halogens is 5. The summed E-state index contributed by atoms with van der Waals surface area (Å²) in [5.41, 5.74) is 0.999. The van der Waals surface area contributed by atoms with E-state index in [9.17, 15) is 18.0 Å². The molecule has 0 aromatic heterocycles. The highest BCUT2D eigenvalue weighted by Gasteiger charge is 2.33. The van der Waals surface area contributed by atoms with E-state index in [-0.39, 0.29) is 11.8 Å². The van der Waals surface area contributed by atoms with Crippen LogP contribution in [0, 0.1) is 5.92 Å². The Morgan fingerprint density at radius 1 is 0.909 bits per heavy atom. The predicted molar refractivity (Wildman–Crippen MR) is 125 cm³/mol. The summed E-state index contributed by atoms with van der Waals surface area (Å²) in [6.45, 7) is 4.55. The van der Waals surface area contributed by atoms with Crippen LogP contribution in [0.1, 0.15) is 24.0 Å². The number of hydrogen-bond donors (Lipinski definition) is 0. The average molecular weight is 500 g/mol. The predicted octanol–water partition coefficient (Wildman–Crippen LogP) is 5.57. The summed E-state index contributed by atoms with van der Waals surface area (Å²) in [6.07, 6.45) is -2.76. The van der Waals surface area contributed by atoms with Crippen molar-refractivity contribution in [3.05, 3.63) is 63.6 Å². The van der Waals surface area contributed by atoms with Crippen LogP contribution in [0.25, 0.3) is 0 Å². The van der Waals surface area contributed by atoms with Crippen LogP contribution in [-0.4, -0.2) is 55.0 Å². The van der Waals surface area contributed by atoms with Gasteiger partial charge >= 0.3 is 6.18 Å². The van der Waals surface area contributed by atoms with Crippen LogP contribution in [0.5, 0.6) is 0 Å². The van der Waals surface area contributed by atoms with Gasteiger partial charge in [0.1, 0.15) is 0 Å². The lowest BCUT2D eigenvalue weighted by Crippen LogP contribution is -2.51. The minimum Gasteiger partial charge on any atom is -0.368 e. The number of anilines is 1. The van der Waals surface area contributed by atoms with Crippen LogP contribution in [0.2, 0.25) is 10.0 Å². The SMILES string of the molecule is O=C(C1CCN(Cc2ccc(Cl)c(Cl)c2)CC1)N1CCN(c2cccc(C(F)(F)F)c2)CC1. The number of carbonyl (C=O) groups is 1. The van der Waals surface area contributed by atoms with Gasteiger partial charge in [-0.2, -0.15) is 13.2 Å². The smallest absolute Gasteiger partial charge is 0.368 e. The van der Waals surface area contributed by atoms with Gasteiger partial charge in [0.2, 0.25) is 5.91 Å². The molecule has 0 unspecified atom stereocenters. The second kappa shape index (κ2) is 10.1. The van der Waals surface area contributed by atoms with E-state index in [0.717, 1.165) is 44.1 Å². The van der Waals surface area contributed by atoms with Crippen molar-refractivity contribution in [2.75, 3.05) is 44.2 Å². The minimum atomic E-state index is -4.36. The number of rotatable bonds is 4. The number of alkyl halides is 3. The van der Waals surface area contributed by atoms with Crippen molar-refractivity contribution in [2.24, 2.45) is 5.92 Å². The Labute approximate surface area is 201 Å². The molecule has 178 valence electrons. The fourth-order valence-electron chi connectivity index (χ4n) is 4.56. The quantitative estimate of drug-likeness (QED) is 0.549. The van der Waals surface area contributed by atoms with Crippen molar-refractivity contribution in [2.45, 2.75) is 25.6 Å². The standard InChI is InChI=1S/C24H26Cl2F3N3O/c25-21-5-4-17(14-22(21)26)16-30-8-6-18(7-9-30)23(33)32-12-10-31(11-13-32)20-3-1-2-19(15-20)24(27,28)29/h1-5,14-15,18H,6-13,16H2. The first-order chi connectivity index (χ1) is 15.7. The molecule has 9 heteroatoms. The molecule has 0 bridgehead atoms. The number of amides is 1. The maximum Gasteiger partial charge on any atom is 0.416 e. The highest BCUT2D eigenvalue weighted by atomic mass is 35.5. The lowest BCUT2D eigenvalue weighted by molar-refractivity contribution is -0.138. The third kappa shape index (κ3) is 5.94. The molecule has 4 nitrogen and oxygen atoms in total. The van der Waals surface area contributed by atoms with Gasteiger partial charge in [-0.1, -0.05) is 35.3 Å². The van der Waals surface area contributed by atoms with Crippen molar-refractivity contribution >= 4 is 34.8 Å². The Bertz CT molecular complexity index is 985. The number of nitrogens with zero attached hydrogens (tertiary/aromatic N) is 3. The minimum absolute atomic E-state index is 0.00448. The summed E-state index contributed by atoms with van der Waals surface area (Å²) in [7, 11) is 0. The molecule has 33 heavy (non-hydrogen) atoms. The van der Waals surface area contributed by atoms with E-state index in [1.54, 1.807) is 12.1 Å². The molecule has 0 aliphatic carbocycles. The molecule has 0 spiro atoms. The van der Waals surface area contributed by atoms with Gasteiger partial charge < -0.3 is 9.80 Å². The topological polar surface area (TPSA) is 26.8 Å². The zero-order valence-corrected chi connectivity index (χ0v) is 19.6. The molecular weight excluding hydrogens is 474 g/mol. The number of likely N-dealkylation sites (tertiary alicyclic amines) is 1. The first-order valence-corrected chi connectivity index (χ1v) is 11.8. The van der Waals surface area contributed by atoms with Gasteiger partial charge in [0.05, 0.1) is 15.6 Å². The summed E-state index contributed by atoms with van der Waals surface area (Å²) in [6, 6.07) is 11.0. The van der Waals surface area contributed by atoms with Gasteiger partial charge in [0, 0.05) is 44.3 Å². The normalized spacial score (nSPS) is 18.6. The molecule has 2 fully saturated rings. The molecule has 4 rings (SSSR count). The highest BCUT2D eigenvalue weighted by Crippen LogP contribution is 2.32. The first kappa shape index (κ1) is 24.2. The third-order valence-electron chi connectivity index (χ3n) is 6.46. The number of hydrogen-bond acceptors (Lipinski definition) is 3. The van der Waals surface area contributed by atoms with E-state index in [1.807, 2.05) is 21.9 Å². The molecule has 2 heterocycles. The molecule has 0 saturated carbocycles. The van der Waals surface area contributed by atoms with Crippen molar-refractivity contribution < 1.29 is 18.0 Å². The van der Waals surface area contributed by atoms with Crippen molar-refractivity contribution in [3.8, 4) is 0 Å². The monoisotopic (exact) mass is 499 g/mol. The lowest BCUT2D eigenvalue weighted by Gasteiger charge is -2.39. The van der Waals surface area contributed by atoms with Crippen LogP contribution in [0.15, 0.2) is 42.5 Å². The van der Waals surface area contributed by atoms with Crippen molar-refractivity contribution in [1.29, 1.82) is 0 Å². The van der Waals surface area contributed by atoms with Crippen LogP contribution in [-0.2, 0) is 17.5 Å². The molecule has 2 saturated heterocycles. The first-order valence-electron chi connectivity index (χ1n) is 11.1. The molecule has 2 aliphatic heterocycles. The molecular formula is C24H26Cl2F3N3O. The molecule has 2 aliphatic rings. The van der Waals surface area contributed by atoms with Gasteiger partial charge in [-0.05, 0) is 61.8 Å². The lowest BCUT2D eigenvalue weighted by atomic mass is 9.94. The Kier molecular flexibility index (Phi) is 7.41. The zero-order valence-electron chi connectivity index (χ0n) is 18.1. The highest BCUT2D eigenvalue weighted by molar-refractivity contribution is 6.42. The van der Waals surface area contributed by atoms with E-state index in [2.05, 4.69) is 4.90 Å². The fraction of sp³-hybridized carbons (Fsp3) is 0.458. The second-order valence-electron chi connectivity index (χ2n) is 8.66. The fourth-order valence-corrected chi connectivity index (χ4v) is 4.88. The summed E-state index contributed by atoms with van der Waals surface area (Å²) in [4.78, 5) is 19.1. The van der Waals surface area contributed by atoms with E-state index >= 15 is 0 Å². The van der Waals surface area contributed by atoms with Crippen LogP contribution >= 0.6 is 23.2 Å². The Morgan fingerprint density at radius 3 is 2.24 bits per heavy atom. The van der Waals surface area contributed by atoms with Crippen LogP contribution in [0.4, 0.5) is 18.9 Å². The molecule has 2 aromatic rings. The Hall–Kier alpha value is -1.96. The summed E-state index contributed by atoms with van der Waals surface area (Å²) in [5, 5.41) is 1.08. The third-order valence-corrected chi connectivity index (χ3v) is 7.20. The van der Waals surface area contributed by atoms with Gasteiger partial charge in [-0.15, -0.1) is 0 Å².